The number of esters is 1. The van der Waals surface area contributed by atoms with Crippen molar-refractivity contribution in [2.75, 3.05) is 17.2 Å². The zero-order valence-corrected chi connectivity index (χ0v) is 18.6. The summed E-state index contributed by atoms with van der Waals surface area (Å²) in [4.78, 5) is 42.9. The van der Waals surface area contributed by atoms with Gasteiger partial charge < -0.3 is 15.4 Å². The molecule has 10 heteroatoms. The van der Waals surface area contributed by atoms with Crippen molar-refractivity contribution in [3.8, 4) is 0 Å². The van der Waals surface area contributed by atoms with E-state index in [-0.39, 0.29) is 5.91 Å². The number of nitrogens with one attached hydrogen (secondary N) is 2. The maximum Gasteiger partial charge on any atom is 0.341 e. The van der Waals surface area contributed by atoms with Crippen LogP contribution in [0.3, 0.4) is 0 Å². The number of carbonyl (C=O) groups excluding carboxylic acids is 3. The quantitative estimate of drug-likeness (QED) is 0.554. The van der Waals surface area contributed by atoms with Crippen LogP contribution in [0.15, 0.2) is 30.6 Å². The van der Waals surface area contributed by atoms with E-state index in [9.17, 15) is 14.4 Å². The number of carbonyl (C=O) groups is 3. The van der Waals surface area contributed by atoms with Crippen LogP contribution in [0.25, 0.3) is 0 Å². The van der Waals surface area contributed by atoms with Gasteiger partial charge in [0.25, 0.3) is 11.8 Å². The molecule has 166 valence electrons. The van der Waals surface area contributed by atoms with Gasteiger partial charge in [0.15, 0.2) is 6.61 Å². The fraction of sp³-hybridized carbons (Fsp3) is 0.318. The number of rotatable bonds is 6. The van der Waals surface area contributed by atoms with Gasteiger partial charge >= 0.3 is 5.97 Å². The monoisotopic (exact) mass is 453 g/mol. The van der Waals surface area contributed by atoms with Crippen LogP contribution in [-0.2, 0) is 29.4 Å². The summed E-state index contributed by atoms with van der Waals surface area (Å²) in [5.41, 5.74) is 2.39. The summed E-state index contributed by atoms with van der Waals surface area (Å²) < 4.78 is 6.86. The topological polar surface area (TPSA) is 115 Å². The second-order valence-corrected chi connectivity index (χ2v) is 8.63. The number of hydrogen-bond acceptors (Lipinski definition) is 7. The van der Waals surface area contributed by atoms with Gasteiger partial charge in [0.2, 0.25) is 0 Å². The highest BCUT2D eigenvalue weighted by Gasteiger charge is 2.28. The molecule has 2 N–H and O–H groups in total. The molecule has 0 atom stereocenters. The lowest BCUT2D eigenvalue weighted by Crippen LogP contribution is -2.23. The second kappa shape index (κ2) is 9.31. The van der Waals surface area contributed by atoms with Gasteiger partial charge in [-0.15, -0.1) is 11.3 Å². The predicted octanol–water partition coefficient (Wildman–Crippen LogP) is 3.11. The van der Waals surface area contributed by atoms with Crippen molar-refractivity contribution in [3.63, 3.8) is 0 Å². The number of fused-ring (bicyclic) bond motifs is 1. The summed E-state index contributed by atoms with van der Waals surface area (Å²) >= 11 is 1.39. The molecule has 4 rings (SSSR count). The molecule has 2 amide bonds. The number of aromatic nitrogens is 3. The van der Waals surface area contributed by atoms with E-state index < -0.39 is 18.5 Å². The van der Waals surface area contributed by atoms with Gasteiger partial charge in [-0.05, 0) is 50.3 Å². The Morgan fingerprint density at radius 3 is 2.75 bits per heavy atom. The number of thiophene rings is 1. The lowest BCUT2D eigenvalue weighted by Gasteiger charge is -2.13. The first-order valence-corrected chi connectivity index (χ1v) is 11.1. The van der Waals surface area contributed by atoms with Crippen molar-refractivity contribution >= 4 is 39.9 Å². The lowest BCUT2D eigenvalue weighted by molar-refractivity contribution is -0.119. The van der Waals surface area contributed by atoms with Crippen LogP contribution in [0.1, 0.15) is 49.7 Å². The van der Waals surface area contributed by atoms with Crippen molar-refractivity contribution in [1.29, 1.82) is 0 Å². The van der Waals surface area contributed by atoms with E-state index >= 15 is 0 Å². The van der Waals surface area contributed by atoms with Gasteiger partial charge in [-0.1, -0.05) is 0 Å². The third-order valence-electron chi connectivity index (χ3n) is 5.13. The van der Waals surface area contributed by atoms with Crippen molar-refractivity contribution in [1.82, 2.24) is 14.8 Å². The van der Waals surface area contributed by atoms with E-state index in [2.05, 4.69) is 20.7 Å². The Morgan fingerprint density at radius 2 is 2.03 bits per heavy atom. The first-order valence-electron chi connectivity index (χ1n) is 10.3. The Labute approximate surface area is 188 Å². The second-order valence-electron chi connectivity index (χ2n) is 7.53. The summed E-state index contributed by atoms with van der Waals surface area (Å²) in [6, 6.07) is 5.05. The normalized spacial score (nSPS) is 12.7. The third kappa shape index (κ3) is 4.70. The van der Waals surface area contributed by atoms with Gasteiger partial charge in [0, 0.05) is 30.4 Å². The first kappa shape index (κ1) is 21.7. The van der Waals surface area contributed by atoms with Gasteiger partial charge in [0.1, 0.15) is 10.8 Å². The number of pyridine rings is 1. The molecular formula is C22H23N5O4S. The minimum atomic E-state index is -0.623. The fourth-order valence-corrected chi connectivity index (χ4v) is 4.92. The summed E-state index contributed by atoms with van der Waals surface area (Å²) in [6.45, 7) is 1.38. The van der Waals surface area contributed by atoms with E-state index in [4.69, 9.17) is 4.74 Å². The van der Waals surface area contributed by atoms with Crippen molar-refractivity contribution in [2.24, 2.45) is 7.05 Å². The molecule has 0 aromatic carbocycles. The Kier molecular flexibility index (Phi) is 6.31. The average Bonchev–Trinajstić information content (AvgIpc) is 3.30. The molecule has 0 radical (unpaired) electrons. The standard InChI is InChI=1S/C22H23N5O4S/c1-13-10-17(27(2)26-13)24-18(28)12-31-22(30)19-15-7-3-4-8-16(15)32-21(19)25-20(29)14-6-5-9-23-11-14/h5-6,9-11H,3-4,7-8,12H2,1-2H3,(H,24,28)(H,25,29). The van der Waals surface area contributed by atoms with Crippen molar-refractivity contribution in [2.45, 2.75) is 32.6 Å². The first-order chi connectivity index (χ1) is 15.4. The van der Waals surface area contributed by atoms with Gasteiger partial charge in [-0.3, -0.25) is 19.3 Å². The number of aryl methyl sites for hydroxylation is 3. The van der Waals surface area contributed by atoms with Gasteiger partial charge in [0.05, 0.1) is 16.8 Å². The minimum absolute atomic E-state index is 0.339. The molecule has 0 bridgehead atoms. The molecule has 9 nitrogen and oxygen atoms in total. The molecule has 3 aromatic rings. The van der Waals surface area contributed by atoms with E-state index in [1.165, 1.54) is 22.2 Å². The van der Waals surface area contributed by atoms with E-state index in [0.29, 0.717) is 21.9 Å². The molecule has 0 aliphatic heterocycles. The number of hydrogen-bond donors (Lipinski definition) is 2. The van der Waals surface area contributed by atoms with Crippen molar-refractivity contribution in [3.05, 3.63) is 57.9 Å². The van der Waals surface area contributed by atoms with Crippen LogP contribution >= 0.6 is 11.3 Å². The van der Waals surface area contributed by atoms with Crippen LogP contribution in [0.4, 0.5) is 10.8 Å². The van der Waals surface area contributed by atoms with Crippen molar-refractivity contribution < 1.29 is 19.1 Å². The molecule has 1 aliphatic rings. The molecule has 0 saturated heterocycles. The summed E-state index contributed by atoms with van der Waals surface area (Å²) in [7, 11) is 1.71. The Hall–Kier alpha value is -3.53. The number of nitrogens with zero attached hydrogens (tertiary/aromatic N) is 3. The molecule has 0 fully saturated rings. The van der Waals surface area contributed by atoms with Crippen LogP contribution in [0.2, 0.25) is 0 Å². The SMILES string of the molecule is Cc1cc(NC(=O)COC(=O)c2c(NC(=O)c3cccnc3)sc3c2CCCC3)n(C)n1. The Balaban J connectivity index is 1.49. The number of ether oxygens (including phenoxy) is 1. The largest absolute Gasteiger partial charge is 0.452 e. The van der Waals surface area contributed by atoms with Gasteiger partial charge in [-0.25, -0.2) is 4.79 Å². The highest BCUT2D eigenvalue weighted by Crippen LogP contribution is 2.38. The lowest BCUT2D eigenvalue weighted by atomic mass is 9.95. The van der Waals surface area contributed by atoms with E-state index in [1.807, 2.05) is 6.92 Å². The average molecular weight is 454 g/mol. The molecular weight excluding hydrogens is 430 g/mol. The van der Waals surface area contributed by atoms with E-state index in [1.54, 1.807) is 31.4 Å². The molecule has 0 unspecified atom stereocenters. The van der Waals surface area contributed by atoms with Crippen LogP contribution in [-0.4, -0.2) is 39.2 Å². The zero-order chi connectivity index (χ0) is 22.7. The maximum absolute atomic E-state index is 13.0. The molecule has 3 heterocycles. The Bertz CT molecular complexity index is 1170. The highest BCUT2D eigenvalue weighted by molar-refractivity contribution is 7.17. The molecule has 0 saturated carbocycles. The summed E-state index contributed by atoms with van der Waals surface area (Å²) in [5.74, 6) is -0.926. The van der Waals surface area contributed by atoms with Crippen LogP contribution in [0.5, 0.6) is 0 Å². The predicted molar refractivity (Wildman–Crippen MR) is 120 cm³/mol. The fourth-order valence-electron chi connectivity index (χ4n) is 3.65. The maximum atomic E-state index is 13.0. The smallest absolute Gasteiger partial charge is 0.341 e. The van der Waals surface area contributed by atoms with Crippen LogP contribution < -0.4 is 10.6 Å². The van der Waals surface area contributed by atoms with E-state index in [0.717, 1.165) is 41.8 Å². The Morgan fingerprint density at radius 1 is 1.22 bits per heavy atom. The molecule has 0 spiro atoms. The number of amides is 2. The minimum Gasteiger partial charge on any atom is -0.452 e. The number of anilines is 2. The summed E-state index contributed by atoms with van der Waals surface area (Å²) in [6.07, 6.45) is 6.63. The molecule has 32 heavy (non-hydrogen) atoms. The summed E-state index contributed by atoms with van der Waals surface area (Å²) in [5, 5.41) is 10.1. The third-order valence-corrected chi connectivity index (χ3v) is 6.34. The molecule has 1 aliphatic carbocycles. The zero-order valence-electron chi connectivity index (χ0n) is 17.8. The highest BCUT2D eigenvalue weighted by atomic mass is 32.1. The van der Waals surface area contributed by atoms with Crippen LogP contribution in [0, 0.1) is 6.92 Å². The van der Waals surface area contributed by atoms with Gasteiger partial charge in [-0.2, -0.15) is 5.10 Å². The molecule has 3 aromatic heterocycles.